The number of carbonyl (C=O) groups is 1. The summed E-state index contributed by atoms with van der Waals surface area (Å²) in [5.41, 5.74) is 2.60. The summed E-state index contributed by atoms with van der Waals surface area (Å²) in [6.07, 6.45) is 1.26. The molecule has 2 aromatic carbocycles. The molecule has 1 aromatic heterocycles. The SMILES string of the molecule is CCc1cccc(CNC[C@H](O)[C@H](Cc2cc(F)cc(F)c2)NC(=O)c2ccno2)c1. The average Bonchev–Trinajstić information content (AvgIpc) is 3.28. The van der Waals surface area contributed by atoms with Gasteiger partial charge in [0.1, 0.15) is 11.6 Å². The summed E-state index contributed by atoms with van der Waals surface area (Å²) in [4.78, 5) is 12.4. The molecule has 0 radical (unpaired) electrons. The fourth-order valence-corrected chi connectivity index (χ4v) is 3.30. The quantitative estimate of drug-likeness (QED) is 0.461. The first-order chi connectivity index (χ1) is 14.9. The highest BCUT2D eigenvalue weighted by atomic mass is 19.1. The number of hydrogen-bond donors (Lipinski definition) is 3. The summed E-state index contributed by atoms with van der Waals surface area (Å²) in [6, 6.07) is 11.8. The van der Waals surface area contributed by atoms with Gasteiger partial charge < -0.3 is 20.3 Å². The van der Waals surface area contributed by atoms with Gasteiger partial charge in [-0.15, -0.1) is 0 Å². The second-order valence-electron chi connectivity index (χ2n) is 7.31. The Balaban J connectivity index is 1.67. The molecular weight excluding hydrogens is 404 g/mol. The van der Waals surface area contributed by atoms with Gasteiger partial charge in [0.2, 0.25) is 5.76 Å². The number of rotatable bonds is 10. The van der Waals surface area contributed by atoms with Crippen LogP contribution in [0.2, 0.25) is 0 Å². The highest BCUT2D eigenvalue weighted by molar-refractivity contribution is 5.91. The third-order valence-corrected chi connectivity index (χ3v) is 4.90. The molecule has 3 rings (SSSR count). The second-order valence-corrected chi connectivity index (χ2v) is 7.31. The maximum atomic E-state index is 13.6. The number of halogens is 2. The summed E-state index contributed by atoms with van der Waals surface area (Å²) in [6.45, 7) is 2.77. The van der Waals surface area contributed by atoms with E-state index >= 15 is 0 Å². The number of nitrogens with one attached hydrogen (secondary N) is 2. The van der Waals surface area contributed by atoms with Crippen molar-refractivity contribution in [3.05, 3.63) is 88.8 Å². The van der Waals surface area contributed by atoms with Crippen molar-refractivity contribution in [1.82, 2.24) is 15.8 Å². The van der Waals surface area contributed by atoms with Gasteiger partial charge in [-0.05, 0) is 41.7 Å². The minimum Gasteiger partial charge on any atom is -0.390 e. The zero-order chi connectivity index (χ0) is 22.2. The van der Waals surface area contributed by atoms with E-state index in [-0.39, 0.29) is 18.7 Å². The van der Waals surface area contributed by atoms with Crippen LogP contribution < -0.4 is 10.6 Å². The molecule has 8 heteroatoms. The van der Waals surface area contributed by atoms with Gasteiger partial charge in [0.15, 0.2) is 0 Å². The van der Waals surface area contributed by atoms with E-state index in [0.717, 1.165) is 18.1 Å². The molecule has 0 spiro atoms. The predicted molar refractivity (Wildman–Crippen MR) is 111 cm³/mol. The van der Waals surface area contributed by atoms with E-state index < -0.39 is 29.7 Å². The monoisotopic (exact) mass is 429 g/mol. The minimum atomic E-state index is -1.02. The maximum Gasteiger partial charge on any atom is 0.290 e. The van der Waals surface area contributed by atoms with Crippen LogP contribution in [0.1, 0.15) is 34.2 Å². The number of hydrogen-bond acceptors (Lipinski definition) is 5. The first kappa shape index (κ1) is 22.6. The molecule has 0 fully saturated rings. The normalized spacial score (nSPS) is 13.0. The Labute approximate surface area is 179 Å². The van der Waals surface area contributed by atoms with E-state index in [9.17, 15) is 18.7 Å². The minimum absolute atomic E-state index is 0.0213. The van der Waals surface area contributed by atoms with Crippen LogP contribution in [0, 0.1) is 11.6 Å². The Bertz CT molecular complexity index is 975. The standard InChI is InChI=1S/C23H25F2N3O3/c1-2-15-4-3-5-16(8-15)13-26-14-21(29)20(28-23(30)22-6-7-27-31-22)11-17-9-18(24)12-19(25)10-17/h3-10,12,20-21,26,29H,2,11,13-14H2,1H3,(H,28,30)/t20-,21-/m0/s1. The Kier molecular flexibility index (Phi) is 7.86. The molecule has 0 bridgehead atoms. The molecule has 2 atom stereocenters. The van der Waals surface area contributed by atoms with Gasteiger partial charge in [0.05, 0.1) is 18.3 Å². The number of benzene rings is 2. The maximum absolute atomic E-state index is 13.6. The van der Waals surface area contributed by atoms with E-state index in [1.807, 2.05) is 18.2 Å². The Morgan fingerprint density at radius 1 is 1.10 bits per heavy atom. The van der Waals surface area contributed by atoms with E-state index in [0.29, 0.717) is 12.1 Å². The molecule has 1 amide bonds. The summed E-state index contributed by atoms with van der Waals surface area (Å²) >= 11 is 0. The van der Waals surface area contributed by atoms with E-state index in [1.165, 1.54) is 30.0 Å². The molecule has 164 valence electrons. The highest BCUT2D eigenvalue weighted by Crippen LogP contribution is 2.13. The summed E-state index contributed by atoms with van der Waals surface area (Å²) in [5, 5.41) is 20.0. The average molecular weight is 429 g/mol. The Hall–Kier alpha value is -3.10. The molecule has 0 saturated carbocycles. The van der Waals surface area contributed by atoms with Crippen molar-refractivity contribution < 1.29 is 23.2 Å². The van der Waals surface area contributed by atoms with Crippen LogP contribution in [0.15, 0.2) is 59.3 Å². The van der Waals surface area contributed by atoms with Crippen molar-refractivity contribution in [3.63, 3.8) is 0 Å². The molecule has 6 nitrogen and oxygen atoms in total. The summed E-state index contributed by atoms with van der Waals surface area (Å²) in [5.74, 6) is -2.04. The van der Waals surface area contributed by atoms with Crippen molar-refractivity contribution in [2.45, 2.75) is 38.5 Å². The van der Waals surface area contributed by atoms with Gasteiger partial charge in [-0.2, -0.15) is 0 Å². The number of aryl methyl sites for hydroxylation is 1. The molecule has 3 aromatic rings. The van der Waals surface area contributed by atoms with Crippen LogP contribution in [0.3, 0.4) is 0 Å². The summed E-state index contributed by atoms with van der Waals surface area (Å²) in [7, 11) is 0. The number of amides is 1. The molecule has 1 heterocycles. The number of aliphatic hydroxyl groups excluding tert-OH is 1. The van der Waals surface area contributed by atoms with Gasteiger partial charge in [-0.1, -0.05) is 36.3 Å². The predicted octanol–water partition coefficient (Wildman–Crippen LogP) is 3.01. The smallest absolute Gasteiger partial charge is 0.290 e. The Morgan fingerprint density at radius 3 is 2.52 bits per heavy atom. The second kappa shape index (κ2) is 10.8. The molecule has 0 aliphatic rings. The third-order valence-electron chi connectivity index (χ3n) is 4.90. The summed E-state index contributed by atoms with van der Waals surface area (Å²) < 4.78 is 32.0. The molecule has 0 aliphatic carbocycles. The zero-order valence-corrected chi connectivity index (χ0v) is 17.1. The first-order valence-electron chi connectivity index (χ1n) is 10.1. The fraction of sp³-hybridized carbons (Fsp3) is 0.304. The van der Waals surface area contributed by atoms with Crippen LogP contribution in [0.25, 0.3) is 0 Å². The molecular formula is C23H25F2N3O3. The van der Waals surface area contributed by atoms with Gasteiger partial charge in [0, 0.05) is 25.2 Å². The fourth-order valence-electron chi connectivity index (χ4n) is 3.30. The van der Waals surface area contributed by atoms with Gasteiger partial charge >= 0.3 is 0 Å². The lowest BCUT2D eigenvalue weighted by molar-refractivity contribution is 0.0796. The lowest BCUT2D eigenvalue weighted by Crippen LogP contribution is -2.48. The lowest BCUT2D eigenvalue weighted by Gasteiger charge is -2.24. The molecule has 0 saturated heterocycles. The van der Waals surface area contributed by atoms with E-state index in [1.54, 1.807) is 0 Å². The van der Waals surface area contributed by atoms with E-state index in [4.69, 9.17) is 4.52 Å². The molecule has 0 aliphatic heterocycles. The van der Waals surface area contributed by atoms with Crippen molar-refractivity contribution in [2.24, 2.45) is 0 Å². The van der Waals surface area contributed by atoms with Crippen molar-refractivity contribution in [2.75, 3.05) is 6.54 Å². The number of carbonyl (C=O) groups excluding carboxylic acids is 1. The van der Waals surface area contributed by atoms with Crippen LogP contribution in [-0.4, -0.2) is 34.9 Å². The van der Waals surface area contributed by atoms with Crippen molar-refractivity contribution >= 4 is 5.91 Å². The van der Waals surface area contributed by atoms with Crippen LogP contribution in [0.5, 0.6) is 0 Å². The largest absolute Gasteiger partial charge is 0.390 e. The zero-order valence-electron chi connectivity index (χ0n) is 17.1. The highest BCUT2D eigenvalue weighted by Gasteiger charge is 2.24. The first-order valence-corrected chi connectivity index (χ1v) is 10.1. The van der Waals surface area contributed by atoms with Gasteiger partial charge in [0.25, 0.3) is 5.91 Å². The topological polar surface area (TPSA) is 87.4 Å². The Morgan fingerprint density at radius 2 is 1.84 bits per heavy atom. The van der Waals surface area contributed by atoms with Crippen LogP contribution in [0.4, 0.5) is 8.78 Å². The number of aliphatic hydroxyl groups is 1. The van der Waals surface area contributed by atoms with Crippen LogP contribution >= 0.6 is 0 Å². The number of aromatic nitrogens is 1. The number of nitrogens with zero attached hydrogens (tertiary/aromatic N) is 1. The van der Waals surface area contributed by atoms with Gasteiger partial charge in [-0.25, -0.2) is 8.78 Å². The van der Waals surface area contributed by atoms with Crippen LogP contribution in [-0.2, 0) is 19.4 Å². The van der Waals surface area contributed by atoms with Gasteiger partial charge in [-0.3, -0.25) is 4.79 Å². The van der Waals surface area contributed by atoms with E-state index in [2.05, 4.69) is 28.8 Å². The molecule has 31 heavy (non-hydrogen) atoms. The lowest BCUT2D eigenvalue weighted by atomic mass is 10.0. The molecule has 0 unspecified atom stereocenters. The third kappa shape index (κ3) is 6.70. The molecule has 3 N–H and O–H groups in total. The van der Waals surface area contributed by atoms with Crippen molar-refractivity contribution in [1.29, 1.82) is 0 Å². The van der Waals surface area contributed by atoms with Crippen molar-refractivity contribution in [3.8, 4) is 0 Å².